The predicted octanol–water partition coefficient (Wildman–Crippen LogP) is 4.65. The fourth-order valence-electron chi connectivity index (χ4n) is 2.45. The number of carbonyl (C=O) groups is 1. The minimum absolute atomic E-state index is 5.32. The van der Waals surface area contributed by atoms with Crippen LogP contribution in [0, 0.1) is 0 Å². The molecule has 0 amide bonds. The van der Waals surface area contributed by atoms with E-state index in [9.17, 15) is 75.0 Å². The normalized spacial score (nSPS) is 40.2. The molecule has 1 aliphatic rings. The van der Waals surface area contributed by atoms with Gasteiger partial charge in [0.1, 0.15) is 0 Å². The van der Waals surface area contributed by atoms with Crippen LogP contribution in [0.1, 0.15) is 0 Å². The van der Waals surface area contributed by atoms with E-state index in [-0.39, 0.29) is 0 Å². The van der Waals surface area contributed by atoms with Gasteiger partial charge < -0.3 is 0 Å². The molecule has 1 saturated carbocycles. The molecule has 0 spiro atoms. The van der Waals surface area contributed by atoms with Crippen molar-refractivity contribution in [1.82, 2.24) is 0 Å². The number of halogens is 16. The molecule has 26 heavy (non-hydrogen) atoms. The summed E-state index contributed by atoms with van der Waals surface area (Å²) in [5.41, 5.74) is -32.5. The largest absolute Gasteiger partial charge is 0.433 e. The first-order chi connectivity index (χ1) is 10.9. The average molecular weight is 428 g/mol. The topological polar surface area (TPSA) is 17.1 Å². The summed E-state index contributed by atoms with van der Waals surface area (Å²) in [7, 11) is 0. The van der Waals surface area contributed by atoms with Crippen LogP contribution in [0.3, 0.4) is 0 Å². The van der Waals surface area contributed by atoms with Crippen molar-refractivity contribution in [2.75, 3.05) is 0 Å². The lowest BCUT2D eigenvalue weighted by Gasteiger charge is -2.42. The van der Waals surface area contributed by atoms with Crippen molar-refractivity contribution in [1.29, 1.82) is 0 Å². The van der Waals surface area contributed by atoms with Crippen molar-refractivity contribution in [2.24, 2.45) is 0 Å². The number of carbonyl (C=O) groups excluding carboxylic acids is 1. The fourth-order valence-corrected chi connectivity index (χ4v) is 2.45. The lowest BCUT2D eigenvalue weighted by molar-refractivity contribution is -0.407. The van der Waals surface area contributed by atoms with Gasteiger partial charge in [0.25, 0.3) is 0 Å². The summed E-state index contributed by atoms with van der Waals surface area (Å²) < 4.78 is 206. The number of Topliss-reactive ketones (excluding diaryl/α,β-unsaturated/α-hetero) is 1. The summed E-state index contributed by atoms with van der Waals surface area (Å²) >= 11 is 0. The van der Waals surface area contributed by atoms with Gasteiger partial charge in [-0.05, 0) is 0 Å². The Balaban J connectivity index is 4.34. The van der Waals surface area contributed by atoms with Gasteiger partial charge in [0, 0.05) is 0 Å². The fraction of sp³-hybridized carbons (Fsp3) is 0.889. The van der Waals surface area contributed by atoms with E-state index in [4.69, 9.17) is 0 Å². The van der Waals surface area contributed by atoms with Gasteiger partial charge in [0.15, 0.2) is 0 Å². The van der Waals surface area contributed by atoms with Crippen molar-refractivity contribution >= 4 is 5.78 Å². The third-order valence-electron chi connectivity index (χ3n) is 3.61. The second-order valence-electron chi connectivity index (χ2n) is 4.95. The van der Waals surface area contributed by atoms with Gasteiger partial charge in [0.2, 0.25) is 5.78 Å². The summed E-state index contributed by atoms with van der Waals surface area (Å²) in [6, 6.07) is 0. The third kappa shape index (κ3) is 1.94. The summed E-state index contributed by atoms with van der Waals surface area (Å²) in [5.74, 6) is -5.32. The molecule has 0 saturated heterocycles. The summed E-state index contributed by atoms with van der Waals surface area (Å²) in [5, 5.41) is 0. The summed E-state index contributed by atoms with van der Waals surface area (Å²) in [4.78, 5) is 10.9. The zero-order valence-electron chi connectivity index (χ0n) is 11.0. The number of hydrogen-bond donors (Lipinski definition) is 0. The molecule has 1 fully saturated rings. The Labute approximate surface area is 129 Å². The molecule has 0 radical (unpaired) electrons. The molecule has 154 valence electrons. The second-order valence-corrected chi connectivity index (χ2v) is 4.95. The molecule has 17 heteroatoms. The third-order valence-corrected chi connectivity index (χ3v) is 3.61. The highest BCUT2D eigenvalue weighted by Gasteiger charge is 3.09. The smallest absolute Gasteiger partial charge is 0.291 e. The maximum atomic E-state index is 13.9. The van der Waals surface area contributed by atoms with Gasteiger partial charge >= 0.3 is 47.4 Å². The van der Waals surface area contributed by atoms with E-state index in [0.717, 1.165) is 0 Å². The lowest BCUT2D eigenvalue weighted by atomic mass is 9.77. The molecular weight excluding hydrogens is 428 g/mol. The summed E-state index contributed by atoms with van der Waals surface area (Å²) in [6.45, 7) is 0. The van der Waals surface area contributed by atoms with Crippen LogP contribution < -0.4 is 0 Å². The Kier molecular flexibility index (Phi) is 4.24. The first-order valence-corrected chi connectivity index (χ1v) is 5.48. The van der Waals surface area contributed by atoms with E-state index < -0.39 is 53.2 Å². The minimum atomic E-state index is -8.36. The van der Waals surface area contributed by atoms with Crippen LogP contribution in [0.5, 0.6) is 0 Å². The van der Waals surface area contributed by atoms with Gasteiger partial charge in [-0.1, -0.05) is 0 Å². The number of ketones is 1. The maximum absolute atomic E-state index is 13.9. The zero-order valence-corrected chi connectivity index (χ0v) is 11.0. The van der Waals surface area contributed by atoms with Gasteiger partial charge in [-0.15, -0.1) is 0 Å². The van der Waals surface area contributed by atoms with E-state index in [0.29, 0.717) is 0 Å². The molecule has 0 aliphatic heterocycles. The Hall–Kier alpha value is -1.45. The highest BCUT2D eigenvalue weighted by Crippen LogP contribution is 2.73. The SMILES string of the molecule is O=C1C(F)(C(F)(F)F)C(F)(C(F)(F)F)C(F)(C(F)(F)F)C1(F)C(F)(F)F. The number of rotatable bonds is 0. The minimum Gasteiger partial charge on any atom is -0.291 e. The Morgan fingerprint density at radius 2 is 0.654 bits per heavy atom. The van der Waals surface area contributed by atoms with E-state index in [1.807, 2.05) is 0 Å². The quantitative estimate of drug-likeness (QED) is 0.514. The average Bonchev–Trinajstić information content (AvgIpc) is 2.47. The van der Waals surface area contributed by atoms with E-state index in [1.54, 1.807) is 0 Å². The highest BCUT2D eigenvalue weighted by atomic mass is 19.4. The van der Waals surface area contributed by atoms with Crippen LogP contribution in [0.15, 0.2) is 0 Å². The second kappa shape index (κ2) is 4.88. The van der Waals surface area contributed by atoms with Crippen molar-refractivity contribution < 1.29 is 75.0 Å². The standard InChI is InChI=1S/C9F16O/c10-2(6(14,15)16)1(26)3(11,7(17,18)19)5(13,9(23,24)25)4(2,12)8(20,21)22. The van der Waals surface area contributed by atoms with Gasteiger partial charge in [-0.2, -0.15) is 52.7 Å². The van der Waals surface area contributed by atoms with E-state index >= 15 is 0 Å². The molecule has 1 nitrogen and oxygen atoms in total. The van der Waals surface area contributed by atoms with E-state index in [2.05, 4.69) is 0 Å². The molecule has 1 rings (SSSR count). The van der Waals surface area contributed by atoms with Gasteiger partial charge in [-0.3, -0.25) is 4.79 Å². The first-order valence-electron chi connectivity index (χ1n) is 5.48. The lowest BCUT2D eigenvalue weighted by Crippen LogP contribution is -2.76. The highest BCUT2D eigenvalue weighted by molar-refractivity contribution is 6.03. The van der Waals surface area contributed by atoms with Crippen molar-refractivity contribution in [3.63, 3.8) is 0 Å². The molecule has 0 bridgehead atoms. The van der Waals surface area contributed by atoms with Crippen LogP contribution in [0.25, 0.3) is 0 Å². The van der Waals surface area contributed by atoms with Crippen LogP contribution in [-0.4, -0.2) is 53.2 Å². The molecular formula is C9F16O. The predicted molar refractivity (Wildman–Crippen MR) is 44.6 cm³/mol. The van der Waals surface area contributed by atoms with Crippen molar-refractivity contribution in [2.45, 2.75) is 47.4 Å². The van der Waals surface area contributed by atoms with Crippen LogP contribution >= 0.6 is 0 Å². The number of alkyl halides is 16. The molecule has 0 aromatic carbocycles. The molecule has 0 heterocycles. The molecule has 4 unspecified atom stereocenters. The van der Waals surface area contributed by atoms with Crippen LogP contribution in [-0.2, 0) is 4.79 Å². The zero-order chi connectivity index (χ0) is 21.6. The Morgan fingerprint density at radius 3 is 0.769 bits per heavy atom. The molecule has 1 aliphatic carbocycles. The Bertz CT molecular complexity index is 557. The molecule has 4 atom stereocenters. The molecule has 0 N–H and O–H groups in total. The molecule has 0 aromatic heterocycles. The summed E-state index contributed by atoms with van der Waals surface area (Å²) in [6.07, 6.45) is -32.0. The van der Waals surface area contributed by atoms with E-state index in [1.165, 1.54) is 0 Å². The Morgan fingerprint density at radius 1 is 0.462 bits per heavy atom. The van der Waals surface area contributed by atoms with Gasteiger partial charge in [0.05, 0.1) is 0 Å². The van der Waals surface area contributed by atoms with Crippen LogP contribution in [0.2, 0.25) is 0 Å². The first kappa shape index (κ1) is 22.6. The molecule has 0 aromatic rings. The monoisotopic (exact) mass is 428 g/mol. The van der Waals surface area contributed by atoms with Crippen LogP contribution in [0.4, 0.5) is 70.2 Å². The van der Waals surface area contributed by atoms with Gasteiger partial charge in [-0.25, -0.2) is 17.6 Å². The maximum Gasteiger partial charge on any atom is 0.433 e. The van der Waals surface area contributed by atoms with Crippen molar-refractivity contribution in [3.8, 4) is 0 Å². The van der Waals surface area contributed by atoms with Crippen molar-refractivity contribution in [3.05, 3.63) is 0 Å². The number of hydrogen-bond acceptors (Lipinski definition) is 1.